The third kappa shape index (κ3) is 4.82. The average Bonchev–Trinajstić information content (AvgIpc) is 3.41. The summed E-state index contributed by atoms with van der Waals surface area (Å²) in [6, 6.07) is 27.4. The molecule has 0 radical (unpaired) electrons. The predicted octanol–water partition coefficient (Wildman–Crippen LogP) is 5.71. The summed E-state index contributed by atoms with van der Waals surface area (Å²) in [5.41, 5.74) is 5.87. The van der Waals surface area contributed by atoms with Gasteiger partial charge in [-0.1, -0.05) is 54.1 Å². The van der Waals surface area contributed by atoms with Crippen LogP contribution in [-0.2, 0) is 16.0 Å². The van der Waals surface area contributed by atoms with E-state index in [0.29, 0.717) is 0 Å². The number of carbonyl (C=O) groups excluding carboxylic acids is 2. The fourth-order valence-electron chi connectivity index (χ4n) is 5.13. The van der Waals surface area contributed by atoms with Crippen molar-refractivity contribution in [1.82, 2.24) is 9.47 Å². The van der Waals surface area contributed by atoms with Gasteiger partial charge < -0.3 is 14.2 Å². The summed E-state index contributed by atoms with van der Waals surface area (Å²) in [6.07, 6.45) is 2.26. The molecule has 0 saturated carbocycles. The zero-order chi connectivity index (χ0) is 26.8. The lowest BCUT2D eigenvalue weighted by atomic mass is 9.97. The van der Waals surface area contributed by atoms with Crippen LogP contribution in [0.2, 0.25) is 0 Å². The molecule has 38 heavy (non-hydrogen) atoms. The molecule has 4 aromatic rings. The van der Waals surface area contributed by atoms with Crippen molar-refractivity contribution in [3.63, 3.8) is 0 Å². The Kier molecular flexibility index (Phi) is 7.05. The summed E-state index contributed by atoms with van der Waals surface area (Å²) in [5, 5.41) is 0. The number of ether oxygens (including phenoxy) is 1. The number of hydrogen-bond acceptors (Lipinski definition) is 3. The fraction of sp³-hybridized carbons (Fsp3) is 0.250. The molecule has 0 N–H and O–H groups in total. The first-order valence-corrected chi connectivity index (χ1v) is 12.9. The molecule has 5 rings (SSSR count). The Morgan fingerprint density at radius 1 is 0.895 bits per heavy atom. The van der Waals surface area contributed by atoms with Gasteiger partial charge in [0.05, 0.1) is 30.6 Å². The molecule has 6 nitrogen and oxygen atoms in total. The first kappa shape index (κ1) is 25.3. The van der Waals surface area contributed by atoms with Crippen molar-refractivity contribution in [2.45, 2.75) is 39.3 Å². The second-order valence-corrected chi connectivity index (χ2v) is 10.0. The smallest absolute Gasteiger partial charge is 0.247 e. The van der Waals surface area contributed by atoms with E-state index < -0.39 is 0 Å². The van der Waals surface area contributed by atoms with Gasteiger partial charge in [-0.15, -0.1) is 0 Å². The number of benzene rings is 3. The number of aromatic nitrogens is 1. The highest BCUT2D eigenvalue weighted by Crippen LogP contribution is 2.42. The third-order valence-electron chi connectivity index (χ3n) is 7.14. The lowest BCUT2D eigenvalue weighted by Gasteiger charge is -2.40. The van der Waals surface area contributed by atoms with Crippen LogP contribution in [0, 0.1) is 6.92 Å². The number of amides is 2. The van der Waals surface area contributed by atoms with E-state index in [1.54, 1.807) is 12.0 Å². The quantitative estimate of drug-likeness (QED) is 0.322. The first-order chi connectivity index (χ1) is 18.4. The molecule has 0 fully saturated rings. The number of nitrogens with zero attached hydrogens (tertiary/aromatic N) is 3. The molecule has 1 aliphatic heterocycles. The maximum atomic E-state index is 14.2. The van der Waals surface area contributed by atoms with E-state index >= 15 is 0 Å². The van der Waals surface area contributed by atoms with Crippen molar-refractivity contribution < 1.29 is 14.3 Å². The minimum absolute atomic E-state index is 0.00986. The molecule has 1 aromatic heterocycles. The van der Waals surface area contributed by atoms with Gasteiger partial charge in [-0.05, 0) is 68.3 Å². The van der Waals surface area contributed by atoms with Crippen LogP contribution in [0.15, 0.2) is 91.1 Å². The van der Waals surface area contributed by atoms with Gasteiger partial charge in [0.15, 0.2) is 0 Å². The number of methoxy groups -OCH3 is 1. The highest BCUT2D eigenvalue weighted by atomic mass is 16.5. The van der Waals surface area contributed by atoms with Crippen molar-refractivity contribution in [1.29, 1.82) is 0 Å². The van der Waals surface area contributed by atoms with E-state index in [1.165, 1.54) is 0 Å². The van der Waals surface area contributed by atoms with E-state index in [9.17, 15) is 9.59 Å². The zero-order valence-electron chi connectivity index (χ0n) is 22.3. The number of fused-ring (bicyclic) bond motifs is 3. The molecule has 194 valence electrons. The minimum Gasteiger partial charge on any atom is -0.497 e. The van der Waals surface area contributed by atoms with Crippen LogP contribution in [0.5, 0.6) is 5.75 Å². The van der Waals surface area contributed by atoms with E-state index in [-0.39, 0.29) is 36.9 Å². The summed E-state index contributed by atoms with van der Waals surface area (Å²) in [5.74, 6) is 0.541. The van der Waals surface area contributed by atoms with E-state index in [1.807, 2.05) is 79.5 Å². The van der Waals surface area contributed by atoms with Crippen molar-refractivity contribution in [3.05, 3.63) is 114 Å². The maximum absolute atomic E-state index is 14.2. The van der Waals surface area contributed by atoms with Gasteiger partial charge in [0.1, 0.15) is 18.3 Å². The highest BCUT2D eigenvalue weighted by molar-refractivity contribution is 6.00. The minimum atomic E-state index is -0.307. The lowest BCUT2D eigenvalue weighted by Crippen LogP contribution is -2.49. The zero-order valence-corrected chi connectivity index (χ0v) is 22.3. The van der Waals surface area contributed by atoms with Crippen LogP contribution >= 0.6 is 0 Å². The van der Waals surface area contributed by atoms with Crippen molar-refractivity contribution in [2.75, 3.05) is 18.6 Å². The van der Waals surface area contributed by atoms with Crippen LogP contribution < -0.4 is 9.64 Å². The lowest BCUT2D eigenvalue weighted by molar-refractivity contribution is -0.136. The van der Waals surface area contributed by atoms with Crippen molar-refractivity contribution in [3.8, 4) is 11.4 Å². The van der Waals surface area contributed by atoms with E-state index in [0.717, 1.165) is 39.5 Å². The summed E-state index contributed by atoms with van der Waals surface area (Å²) in [7, 11) is 1.62. The van der Waals surface area contributed by atoms with Gasteiger partial charge in [0.25, 0.3) is 0 Å². The molecule has 1 atom stereocenters. The topological polar surface area (TPSA) is 54.8 Å². The molecule has 0 aliphatic carbocycles. The standard InChI is InChI=1S/C32H33N3O3/c1-22(2)34(30(36)20-24-13-17-26(38-4)18-14-24)21-31(37)35-28-9-6-5-8-27(28)33-19-7-10-29(33)32(35)25-15-11-23(3)12-16-25/h5-19,22,32H,20-21H2,1-4H3. The Hall–Kier alpha value is -4.32. The Morgan fingerprint density at radius 3 is 2.24 bits per heavy atom. The molecule has 0 spiro atoms. The number of carbonyl (C=O) groups is 2. The van der Waals surface area contributed by atoms with Crippen molar-refractivity contribution >= 4 is 17.5 Å². The summed E-state index contributed by atoms with van der Waals surface area (Å²) < 4.78 is 7.38. The van der Waals surface area contributed by atoms with Crippen LogP contribution in [0.1, 0.15) is 42.3 Å². The average molecular weight is 508 g/mol. The van der Waals surface area contributed by atoms with Gasteiger partial charge in [0, 0.05) is 12.2 Å². The summed E-state index contributed by atoms with van der Waals surface area (Å²) in [4.78, 5) is 31.2. The van der Waals surface area contributed by atoms with Gasteiger partial charge in [0.2, 0.25) is 11.8 Å². The largest absolute Gasteiger partial charge is 0.497 e. The van der Waals surface area contributed by atoms with Gasteiger partial charge >= 0.3 is 0 Å². The second-order valence-electron chi connectivity index (χ2n) is 10.0. The maximum Gasteiger partial charge on any atom is 0.247 e. The molecule has 2 heterocycles. The van der Waals surface area contributed by atoms with Crippen LogP contribution in [0.4, 0.5) is 5.69 Å². The van der Waals surface area contributed by atoms with Gasteiger partial charge in [-0.3, -0.25) is 14.5 Å². The number of hydrogen-bond donors (Lipinski definition) is 0. The van der Waals surface area contributed by atoms with E-state index in [4.69, 9.17) is 4.74 Å². The molecule has 1 unspecified atom stereocenters. The second kappa shape index (κ2) is 10.6. The fourth-order valence-corrected chi connectivity index (χ4v) is 5.13. The summed E-state index contributed by atoms with van der Waals surface area (Å²) >= 11 is 0. The molecule has 2 amide bonds. The Labute approximate surface area is 224 Å². The Balaban J connectivity index is 1.49. The number of anilines is 1. The van der Waals surface area contributed by atoms with Crippen molar-refractivity contribution in [2.24, 2.45) is 0 Å². The SMILES string of the molecule is COc1ccc(CC(=O)N(CC(=O)N2c3ccccc3-n3cccc3C2c2ccc(C)cc2)C(C)C)cc1. The molecule has 1 aliphatic rings. The molecular weight excluding hydrogens is 474 g/mol. The Morgan fingerprint density at radius 2 is 1.58 bits per heavy atom. The third-order valence-corrected chi connectivity index (χ3v) is 7.14. The molecule has 3 aromatic carbocycles. The van der Waals surface area contributed by atoms with E-state index in [2.05, 4.69) is 41.8 Å². The normalized spacial score (nSPS) is 14.1. The first-order valence-electron chi connectivity index (χ1n) is 12.9. The number of rotatable bonds is 7. The monoisotopic (exact) mass is 507 g/mol. The molecule has 0 bridgehead atoms. The molecule has 0 saturated heterocycles. The highest BCUT2D eigenvalue weighted by Gasteiger charge is 2.37. The van der Waals surface area contributed by atoms with Crippen LogP contribution in [0.3, 0.4) is 0 Å². The predicted molar refractivity (Wildman–Crippen MR) is 150 cm³/mol. The number of aryl methyl sites for hydroxylation is 1. The van der Waals surface area contributed by atoms with Gasteiger partial charge in [-0.25, -0.2) is 0 Å². The number of para-hydroxylation sites is 2. The molecular formula is C32H33N3O3. The Bertz CT molecular complexity index is 1440. The van der Waals surface area contributed by atoms with Crippen LogP contribution in [-0.4, -0.2) is 41.0 Å². The van der Waals surface area contributed by atoms with Gasteiger partial charge in [-0.2, -0.15) is 0 Å². The summed E-state index contributed by atoms with van der Waals surface area (Å²) in [6.45, 7) is 5.95. The van der Waals surface area contributed by atoms with Crippen LogP contribution in [0.25, 0.3) is 5.69 Å². The molecule has 6 heteroatoms.